The van der Waals surface area contributed by atoms with Gasteiger partial charge in [-0.25, -0.2) is 0 Å². The van der Waals surface area contributed by atoms with Crippen molar-refractivity contribution in [2.75, 3.05) is 13.1 Å². The van der Waals surface area contributed by atoms with E-state index in [0.29, 0.717) is 5.92 Å². The molecule has 1 N–H and O–H groups in total. The quantitative estimate of drug-likeness (QED) is 0.928. The molecule has 2 heterocycles. The van der Waals surface area contributed by atoms with Gasteiger partial charge in [0.15, 0.2) is 0 Å². The molecule has 1 saturated heterocycles. The number of nitrogens with one attached hydrogen (secondary N) is 1. The van der Waals surface area contributed by atoms with Gasteiger partial charge in [-0.1, -0.05) is 30.3 Å². The van der Waals surface area contributed by atoms with E-state index in [-0.39, 0.29) is 5.56 Å². The molecule has 3 nitrogen and oxygen atoms in total. The van der Waals surface area contributed by atoms with E-state index in [9.17, 15) is 4.79 Å². The van der Waals surface area contributed by atoms with Gasteiger partial charge in [0.05, 0.1) is 0 Å². The Morgan fingerprint density at radius 3 is 2.50 bits per heavy atom. The van der Waals surface area contributed by atoms with Gasteiger partial charge in [-0.3, -0.25) is 4.79 Å². The standard InChI is InChI=1S/C17H20N2O/c20-17-12-16(15-4-2-1-3-5-15)8-11-19(17)13-14-6-9-18-10-7-14/h1-5,8,11-12,14,18H,6-7,9-10,13H2. The lowest BCUT2D eigenvalue weighted by atomic mass is 9.98. The monoisotopic (exact) mass is 268 g/mol. The predicted molar refractivity (Wildman–Crippen MR) is 81.7 cm³/mol. The number of pyridine rings is 1. The average molecular weight is 268 g/mol. The zero-order chi connectivity index (χ0) is 13.8. The molecule has 0 radical (unpaired) electrons. The van der Waals surface area contributed by atoms with E-state index in [0.717, 1.165) is 43.6 Å². The summed E-state index contributed by atoms with van der Waals surface area (Å²) in [5.41, 5.74) is 2.20. The third-order valence-corrected chi connectivity index (χ3v) is 4.02. The van der Waals surface area contributed by atoms with Gasteiger partial charge in [0.2, 0.25) is 0 Å². The molecular formula is C17H20N2O. The van der Waals surface area contributed by atoms with Crippen molar-refractivity contribution >= 4 is 0 Å². The summed E-state index contributed by atoms with van der Waals surface area (Å²) in [4.78, 5) is 12.2. The van der Waals surface area contributed by atoms with E-state index in [1.54, 1.807) is 6.07 Å². The fourth-order valence-corrected chi connectivity index (χ4v) is 2.81. The number of hydrogen-bond donors (Lipinski definition) is 1. The van der Waals surface area contributed by atoms with Crippen LogP contribution >= 0.6 is 0 Å². The van der Waals surface area contributed by atoms with E-state index in [1.165, 1.54) is 0 Å². The molecule has 2 aromatic rings. The number of piperidine rings is 1. The molecule has 3 rings (SSSR count). The predicted octanol–water partition coefficient (Wildman–Crippen LogP) is 2.51. The van der Waals surface area contributed by atoms with Crippen LogP contribution in [0.4, 0.5) is 0 Å². The Balaban J connectivity index is 1.79. The summed E-state index contributed by atoms with van der Waals surface area (Å²) >= 11 is 0. The van der Waals surface area contributed by atoms with E-state index >= 15 is 0 Å². The molecule has 1 aliphatic heterocycles. The van der Waals surface area contributed by atoms with Crippen LogP contribution in [0.15, 0.2) is 53.5 Å². The topological polar surface area (TPSA) is 34.0 Å². The Morgan fingerprint density at radius 2 is 1.80 bits per heavy atom. The van der Waals surface area contributed by atoms with Gasteiger partial charge in [0, 0.05) is 18.8 Å². The summed E-state index contributed by atoms with van der Waals surface area (Å²) in [5, 5.41) is 3.36. The lowest BCUT2D eigenvalue weighted by molar-refractivity contribution is 0.330. The lowest BCUT2D eigenvalue weighted by Crippen LogP contribution is -2.32. The molecule has 3 heteroatoms. The first-order valence-electron chi connectivity index (χ1n) is 7.29. The Hall–Kier alpha value is -1.87. The molecule has 0 saturated carbocycles. The van der Waals surface area contributed by atoms with Crippen LogP contribution in [0, 0.1) is 5.92 Å². The van der Waals surface area contributed by atoms with Crippen LogP contribution in [-0.2, 0) is 6.54 Å². The summed E-state index contributed by atoms with van der Waals surface area (Å²) < 4.78 is 1.85. The lowest BCUT2D eigenvalue weighted by Gasteiger charge is -2.23. The highest BCUT2D eigenvalue weighted by Gasteiger charge is 2.14. The Bertz CT molecular complexity index is 612. The van der Waals surface area contributed by atoms with E-state index in [2.05, 4.69) is 5.32 Å². The molecule has 1 aromatic heterocycles. The normalized spacial score (nSPS) is 16.2. The molecule has 0 bridgehead atoms. The van der Waals surface area contributed by atoms with Gasteiger partial charge in [-0.15, -0.1) is 0 Å². The molecule has 0 unspecified atom stereocenters. The minimum Gasteiger partial charge on any atom is -0.317 e. The summed E-state index contributed by atoms with van der Waals surface area (Å²) in [6.45, 7) is 2.98. The first-order valence-corrected chi connectivity index (χ1v) is 7.29. The average Bonchev–Trinajstić information content (AvgIpc) is 2.51. The van der Waals surface area contributed by atoms with Crippen LogP contribution in [0.3, 0.4) is 0 Å². The van der Waals surface area contributed by atoms with Crippen LogP contribution in [0.2, 0.25) is 0 Å². The summed E-state index contributed by atoms with van der Waals surface area (Å²) in [6.07, 6.45) is 4.26. The molecule has 20 heavy (non-hydrogen) atoms. The third-order valence-electron chi connectivity index (χ3n) is 4.02. The number of aromatic nitrogens is 1. The van der Waals surface area contributed by atoms with Crippen molar-refractivity contribution in [2.45, 2.75) is 19.4 Å². The molecule has 0 atom stereocenters. The first-order chi connectivity index (χ1) is 9.83. The van der Waals surface area contributed by atoms with E-state index in [1.807, 2.05) is 47.2 Å². The van der Waals surface area contributed by atoms with Crippen molar-refractivity contribution in [1.29, 1.82) is 0 Å². The highest BCUT2D eigenvalue weighted by molar-refractivity contribution is 5.62. The van der Waals surface area contributed by atoms with Crippen molar-refractivity contribution in [2.24, 2.45) is 5.92 Å². The maximum Gasteiger partial charge on any atom is 0.251 e. The van der Waals surface area contributed by atoms with Crippen LogP contribution < -0.4 is 10.9 Å². The Kier molecular flexibility index (Phi) is 3.97. The summed E-state index contributed by atoms with van der Waals surface area (Å²) in [5.74, 6) is 0.622. The molecular weight excluding hydrogens is 248 g/mol. The van der Waals surface area contributed by atoms with Gasteiger partial charge in [-0.05, 0) is 49.0 Å². The van der Waals surface area contributed by atoms with Gasteiger partial charge < -0.3 is 9.88 Å². The molecule has 1 fully saturated rings. The highest BCUT2D eigenvalue weighted by Crippen LogP contribution is 2.17. The Labute approximate surface area is 119 Å². The van der Waals surface area contributed by atoms with Gasteiger partial charge in [-0.2, -0.15) is 0 Å². The van der Waals surface area contributed by atoms with Crippen molar-refractivity contribution in [3.8, 4) is 11.1 Å². The number of nitrogens with zero attached hydrogens (tertiary/aromatic N) is 1. The fourth-order valence-electron chi connectivity index (χ4n) is 2.81. The second-order valence-electron chi connectivity index (χ2n) is 5.47. The summed E-state index contributed by atoms with van der Waals surface area (Å²) in [7, 11) is 0. The van der Waals surface area contributed by atoms with E-state index in [4.69, 9.17) is 0 Å². The van der Waals surface area contributed by atoms with Crippen molar-refractivity contribution < 1.29 is 0 Å². The SMILES string of the molecule is O=c1cc(-c2ccccc2)ccn1CC1CCNCC1. The second kappa shape index (κ2) is 6.06. The zero-order valence-electron chi connectivity index (χ0n) is 11.6. The van der Waals surface area contributed by atoms with Crippen molar-refractivity contribution in [1.82, 2.24) is 9.88 Å². The van der Waals surface area contributed by atoms with Crippen LogP contribution in [0.5, 0.6) is 0 Å². The molecule has 0 aliphatic carbocycles. The highest BCUT2D eigenvalue weighted by atomic mass is 16.1. The maximum atomic E-state index is 12.2. The smallest absolute Gasteiger partial charge is 0.251 e. The van der Waals surface area contributed by atoms with Crippen molar-refractivity contribution in [3.63, 3.8) is 0 Å². The van der Waals surface area contributed by atoms with Gasteiger partial charge in [0.25, 0.3) is 5.56 Å². The third kappa shape index (κ3) is 2.99. The molecule has 1 aliphatic rings. The maximum absolute atomic E-state index is 12.2. The number of hydrogen-bond acceptors (Lipinski definition) is 2. The molecule has 104 valence electrons. The Morgan fingerprint density at radius 1 is 1.05 bits per heavy atom. The number of benzene rings is 1. The first kappa shape index (κ1) is 13.1. The number of rotatable bonds is 3. The van der Waals surface area contributed by atoms with E-state index < -0.39 is 0 Å². The van der Waals surface area contributed by atoms with Crippen LogP contribution in [0.25, 0.3) is 11.1 Å². The van der Waals surface area contributed by atoms with Crippen LogP contribution in [-0.4, -0.2) is 17.7 Å². The van der Waals surface area contributed by atoms with Crippen molar-refractivity contribution in [3.05, 3.63) is 59.0 Å². The molecule has 1 aromatic carbocycles. The molecule has 0 amide bonds. The fraction of sp³-hybridized carbons (Fsp3) is 0.353. The second-order valence-corrected chi connectivity index (χ2v) is 5.47. The van der Waals surface area contributed by atoms with Gasteiger partial charge in [0.1, 0.15) is 0 Å². The van der Waals surface area contributed by atoms with Crippen LogP contribution in [0.1, 0.15) is 12.8 Å². The molecule has 0 spiro atoms. The largest absolute Gasteiger partial charge is 0.317 e. The summed E-state index contributed by atoms with van der Waals surface area (Å²) in [6, 6.07) is 13.8. The van der Waals surface area contributed by atoms with Gasteiger partial charge >= 0.3 is 0 Å². The minimum atomic E-state index is 0.102. The minimum absolute atomic E-state index is 0.102. The zero-order valence-corrected chi connectivity index (χ0v) is 11.6.